The van der Waals surface area contributed by atoms with E-state index in [9.17, 15) is 14.4 Å². The number of methoxy groups -OCH3 is 1. The number of hydrogen-bond donors (Lipinski definition) is 2. The van der Waals surface area contributed by atoms with Crippen LogP contribution in [0.2, 0.25) is 0 Å². The van der Waals surface area contributed by atoms with E-state index in [1.807, 2.05) is 69.3 Å². The van der Waals surface area contributed by atoms with E-state index >= 15 is 0 Å². The van der Waals surface area contributed by atoms with E-state index in [1.165, 1.54) is 0 Å². The zero-order chi connectivity index (χ0) is 25.8. The Morgan fingerprint density at radius 3 is 2.58 bits per heavy atom. The van der Waals surface area contributed by atoms with Gasteiger partial charge in [-0.05, 0) is 37.5 Å². The van der Waals surface area contributed by atoms with Crippen LogP contribution in [0.3, 0.4) is 0 Å². The van der Waals surface area contributed by atoms with Crippen molar-refractivity contribution in [2.24, 2.45) is 0 Å². The standard InChI is InChI=1S/C28H34N4O4/c1-5-31-23-17-32(22(26(33)29-13-14-36-4)16-20-9-7-6-8-10-20)27(34)24(23)25(30-28(31)35)21-12-11-18(2)15-19(21)3/h6-12,15,22,25H,5,13-14,16-17H2,1-4H3,(H,29,33)(H,30,35)/t22-,25+/m0/s1. The molecule has 0 aromatic heterocycles. The molecule has 2 aliphatic heterocycles. The summed E-state index contributed by atoms with van der Waals surface area (Å²) in [7, 11) is 1.58. The van der Waals surface area contributed by atoms with Crippen LogP contribution in [-0.4, -0.2) is 67.0 Å². The van der Waals surface area contributed by atoms with Gasteiger partial charge >= 0.3 is 6.03 Å². The Morgan fingerprint density at radius 2 is 1.92 bits per heavy atom. The van der Waals surface area contributed by atoms with Gasteiger partial charge in [-0.25, -0.2) is 4.79 Å². The smallest absolute Gasteiger partial charge is 0.322 e. The van der Waals surface area contributed by atoms with Gasteiger partial charge in [0.05, 0.1) is 30.5 Å². The maximum Gasteiger partial charge on any atom is 0.322 e. The Bertz CT molecular complexity index is 1180. The first kappa shape index (κ1) is 25.4. The van der Waals surface area contributed by atoms with E-state index < -0.39 is 12.1 Å². The summed E-state index contributed by atoms with van der Waals surface area (Å²) in [5.74, 6) is -0.467. The topological polar surface area (TPSA) is 91.0 Å². The molecule has 8 nitrogen and oxygen atoms in total. The number of rotatable bonds is 9. The van der Waals surface area contributed by atoms with Crippen LogP contribution >= 0.6 is 0 Å². The molecule has 2 aliphatic rings. The number of hydrogen-bond acceptors (Lipinski definition) is 4. The summed E-state index contributed by atoms with van der Waals surface area (Å²) in [6.45, 7) is 7.23. The number of nitrogens with one attached hydrogen (secondary N) is 2. The number of urea groups is 1. The van der Waals surface area contributed by atoms with Crippen LogP contribution in [0.4, 0.5) is 4.79 Å². The first-order valence-electron chi connectivity index (χ1n) is 12.4. The molecule has 36 heavy (non-hydrogen) atoms. The Balaban J connectivity index is 1.71. The minimum Gasteiger partial charge on any atom is -0.383 e. The summed E-state index contributed by atoms with van der Waals surface area (Å²) < 4.78 is 5.08. The molecule has 0 fully saturated rings. The predicted octanol–water partition coefficient (Wildman–Crippen LogP) is 2.86. The molecule has 4 amide bonds. The first-order valence-corrected chi connectivity index (χ1v) is 12.4. The highest BCUT2D eigenvalue weighted by Crippen LogP contribution is 2.38. The van der Waals surface area contributed by atoms with Crippen molar-refractivity contribution >= 4 is 17.8 Å². The predicted molar refractivity (Wildman–Crippen MR) is 137 cm³/mol. The molecule has 0 radical (unpaired) electrons. The van der Waals surface area contributed by atoms with E-state index in [1.54, 1.807) is 16.9 Å². The van der Waals surface area contributed by atoms with Crippen LogP contribution in [0.1, 0.15) is 35.2 Å². The van der Waals surface area contributed by atoms with Crippen LogP contribution < -0.4 is 10.6 Å². The van der Waals surface area contributed by atoms with Crippen molar-refractivity contribution in [2.45, 2.75) is 39.3 Å². The van der Waals surface area contributed by atoms with Gasteiger partial charge in [0.2, 0.25) is 5.91 Å². The number of nitrogens with zero attached hydrogens (tertiary/aromatic N) is 2. The molecule has 0 bridgehead atoms. The Labute approximate surface area is 212 Å². The average Bonchev–Trinajstić information content (AvgIpc) is 3.19. The van der Waals surface area contributed by atoms with Crippen LogP contribution in [-0.2, 0) is 20.7 Å². The highest BCUT2D eigenvalue weighted by molar-refractivity contribution is 6.03. The van der Waals surface area contributed by atoms with Crippen molar-refractivity contribution in [1.82, 2.24) is 20.4 Å². The normalized spacial score (nSPS) is 18.3. The Morgan fingerprint density at radius 1 is 1.17 bits per heavy atom. The van der Waals surface area contributed by atoms with Crippen molar-refractivity contribution in [1.29, 1.82) is 0 Å². The van der Waals surface area contributed by atoms with E-state index in [2.05, 4.69) is 10.6 Å². The molecule has 0 aliphatic carbocycles. The van der Waals surface area contributed by atoms with Crippen molar-refractivity contribution in [2.75, 3.05) is 33.4 Å². The molecule has 2 aromatic carbocycles. The summed E-state index contributed by atoms with van der Waals surface area (Å²) in [6.07, 6.45) is 0.369. The number of amides is 4. The van der Waals surface area contributed by atoms with Crippen molar-refractivity contribution in [3.63, 3.8) is 0 Å². The van der Waals surface area contributed by atoms with Crippen LogP contribution in [0, 0.1) is 13.8 Å². The molecule has 8 heteroatoms. The van der Waals surface area contributed by atoms with E-state index in [0.29, 0.717) is 37.4 Å². The molecule has 0 saturated carbocycles. The number of likely N-dealkylation sites (N-methyl/N-ethyl adjacent to an activating group) is 1. The zero-order valence-electron chi connectivity index (χ0n) is 21.3. The van der Waals surface area contributed by atoms with E-state index in [4.69, 9.17) is 4.74 Å². The van der Waals surface area contributed by atoms with Gasteiger partial charge in [0.15, 0.2) is 0 Å². The van der Waals surface area contributed by atoms with Gasteiger partial charge in [0, 0.05) is 26.6 Å². The molecule has 4 rings (SSSR count). The molecule has 190 valence electrons. The lowest BCUT2D eigenvalue weighted by Crippen LogP contribution is -2.50. The number of aryl methyl sites for hydroxylation is 2. The summed E-state index contributed by atoms with van der Waals surface area (Å²) in [5.41, 5.74) is 5.15. The lowest BCUT2D eigenvalue weighted by molar-refractivity contribution is -0.136. The monoisotopic (exact) mass is 490 g/mol. The van der Waals surface area contributed by atoms with Crippen molar-refractivity contribution in [3.8, 4) is 0 Å². The fourth-order valence-corrected chi connectivity index (χ4v) is 5.06. The van der Waals surface area contributed by atoms with Gasteiger partial charge in [0.1, 0.15) is 6.04 Å². The number of carbonyl (C=O) groups is 3. The van der Waals surface area contributed by atoms with Crippen LogP contribution in [0.5, 0.6) is 0 Å². The Hall–Kier alpha value is -3.65. The zero-order valence-corrected chi connectivity index (χ0v) is 21.3. The Kier molecular flexibility index (Phi) is 7.74. The van der Waals surface area contributed by atoms with E-state index in [0.717, 1.165) is 22.3 Å². The van der Waals surface area contributed by atoms with Gasteiger partial charge in [-0.1, -0.05) is 54.1 Å². The molecule has 2 heterocycles. The molecular weight excluding hydrogens is 456 g/mol. The lowest BCUT2D eigenvalue weighted by Gasteiger charge is -2.33. The molecule has 2 N–H and O–H groups in total. The minimum atomic E-state index is -0.726. The largest absolute Gasteiger partial charge is 0.383 e. The summed E-state index contributed by atoms with van der Waals surface area (Å²) in [4.78, 5) is 43.7. The molecule has 2 atom stereocenters. The molecule has 0 saturated heterocycles. The van der Waals surface area contributed by atoms with Crippen LogP contribution in [0.15, 0.2) is 59.8 Å². The number of benzene rings is 2. The van der Waals surface area contributed by atoms with Gasteiger partial charge in [0.25, 0.3) is 5.91 Å². The fraction of sp³-hybridized carbons (Fsp3) is 0.393. The maximum absolute atomic E-state index is 14.0. The summed E-state index contributed by atoms with van der Waals surface area (Å²) >= 11 is 0. The average molecular weight is 491 g/mol. The minimum absolute atomic E-state index is 0.200. The van der Waals surface area contributed by atoms with Gasteiger partial charge in [-0.3, -0.25) is 14.5 Å². The quantitative estimate of drug-likeness (QED) is 0.529. The lowest BCUT2D eigenvalue weighted by atomic mass is 9.91. The SMILES string of the molecule is CCN1C(=O)N[C@H](c2ccc(C)cc2C)C2=C1CN([C@@H](Cc1ccccc1)C(=O)NCCOC)C2=O. The maximum atomic E-state index is 14.0. The number of ether oxygens (including phenoxy) is 1. The second-order valence-electron chi connectivity index (χ2n) is 9.27. The van der Waals surface area contributed by atoms with Gasteiger partial charge in [-0.2, -0.15) is 0 Å². The van der Waals surface area contributed by atoms with Crippen molar-refractivity contribution < 1.29 is 19.1 Å². The second kappa shape index (κ2) is 11.0. The highest BCUT2D eigenvalue weighted by Gasteiger charge is 2.47. The van der Waals surface area contributed by atoms with Crippen molar-refractivity contribution in [3.05, 3.63) is 82.1 Å². The third kappa shape index (κ3) is 4.99. The van der Waals surface area contributed by atoms with E-state index in [-0.39, 0.29) is 24.4 Å². The summed E-state index contributed by atoms with van der Waals surface area (Å²) in [6, 6.07) is 14.1. The fourth-order valence-electron chi connectivity index (χ4n) is 5.06. The van der Waals surface area contributed by atoms with Gasteiger partial charge in [-0.15, -0.1) is 0 Å². The summed E-state index contributed by atoms with van der Waals surface area (Å²) in [5, 5.41) is 5.94. The van der Waals surface area contributed by atoms with Gasteiger partial charge < -0.3 is 20.3 Å². The molecule has 0 spiro atoms. The highest BCUT2D eigenvalue weighted by atomic mass is 16.5. The van der Waals surface area contributed by atoms with Crippen LogP contribution in [0.25, 0.3) is 0 Å². The number of carbonyl (C=O) groups excluding carboxylic acids is 3. The molecular formula is C28H34N4O4. The third-order valence-corrected chi connectivity index (χ3v) is 6.86. The second-order valence-corrected chi connectivity index (χ2v) is 9.27. The molecule has 2 aromatic rings. The first-order chi connectivity index (χ1) is 17.3. The molecule has 0 unspecified atom stereocenters. The third-order valence-electron chi connectivity index (χ3n) is 6.86.